The molecule has 0 unspecified atom stereocenters. The largest absolute Gasteiger partial charge is 0.426 e. The number of halogens is 2. The molecule has 0 saturated heterocycles. The average Bonchev–Trinajstić information content (AvgIpc) is 2.43. The van der Waals surface area contributed by atoms with E-state index in [2.05, 4.69) is 21.2 Å². The monoisotopic (exact) mass is 367 g/mol. The number of benzene rings is 2. The van der Waals surface area contributed by atoms with Crippen LogP contribution in [-0.2, 0) is 4.79 Å². The minimum Gasteiger partial charge on any atom is -0.426 e. The van der Waals surface area contributed by atoms with Crippen molar-refractivity contribution in [3.8, 4) is 5.75 Å². The maximum atomic E-state index is 12.3. The van der Waals surface area contributed by atoms with Crippen molar-refractivity contribution >= 4 is 45.1 Å². The fourth-order valence-electron chi connectivity index (χ4n) is 1.66. The summed E-state index contributed by atoms with van der Waals surface area (Å²) in [6.45, 7) is 1.27. The van der Waals surface area contributed by atoms with Gasteiger partial charge in [-0.25, -0.2) is 0 Å². The van der Waals surface area contributed by atoms with Crippen LogP contribution in [0.15, 0.2) is 46.9 Å². The van der Waals surface area contributed by atoms with E-state index >= 15 is 0 Å². The fraction of sp³-hybridized carbons (Fsp3) is 0.0667. The number of esters is 1. The molecule has 108 valence electrons. The second-order valence-corrected chi connectivity index (χ2v) is 5.55. The van der Waals surface area contributed by atoms with E-state index in [0.717, 1.165) is 4.47 Å². The van der Waals surface area contributed by atoms with Gasteiger partial charge in [0, 0.05) is 22.1 Å². The van der Waals surface area contributed by atoms with Crippen molar-refractivity contribution in [2.45, 2.75) is 6.92 Å². The second kappa shape index (κ2) is 6.74. The Hall–Kier alpha value is -1.85. The summed E-state index contributed by atoms with van der Waals surface area (Å²) in [4.78, 5) is 23.4. The summed E-state index contributed by atoms with van der Waals surface area (Å²) in [7, 11) is 0. The predicted molar refractivity (Wildman–Crippen MR) is 84.9 cm³/mol. The second-order valence-electron chi connectivity index (χ2n) is 4.20. The lowest BCUT2D eigenvalue weighted by molar-refractivity contribution is -0.131. The summed E-state index contributed by atoms with van der Waals surface area (Å²) in [6, 6.07) is 11.6. The van der Waals surface area contributed by atoms with Crippen LogP contribution in [0, 0.1) is 0 Å². The number of ether oxygens (including phenoxy) is 1. The molecule has 0 radical (unpaired) electrons. The lowest BCUT2D eigenvalue weighted by atomic mass is 10.2. The molecule has 2 rings (SSSR count). The number of nitrogens with one attached hydrogen (secondary N) is 1. The van der Waals surface area contributed by atoms with E-state index in [0.29, 0.717) is 10.7 Å². The minimum absolute atomic E-state index is 0.168. The van der Waals surface area contributed by atoms with Crippen molar-refractivity contribution in [2.75, 3.05) is 5.32 Å². The first-order valence-electron chi connectivity index (χ1n) is 6.00. The van der Waals surface area contributed by atoms with Gasteiger partial charge in [0.15, 0.2) is 0 Å². The number of amides is 1. The van der Waals surface area contributed by atoms with Crippen LogP contribution in [0.25, 0.3) is 0 Å². The molecule has 21 heavy (non-hydrogen) atoms. The summed E-state index contributed by atoms with van der Waals surface area (Å²) in [6.07, 6.45) is 0. The third-order valence-electron chi connectivity index (χ3n) is 2.54. The Morgan fingerprint density at radius 2 is 1.81 bits per heavy atom. The third-order valence-corrected chi connectivity index (χ3v) is 3.31. The van der Waals surface area contributed by atoms with Crippen LogP contribution in [0.3, 0.4) is 0 Å². The van der Waals surface area contributed by atoms with Crippen LogP contribution >= 0.6 is 27.5 Å². The molecule has 0 heterocycles. The lowest BCUT2D eigenvalue weighted by Gasteiger charge is -2.10. The maximum absolute atomic E-state index is 12.3. The normalized spacial score (nSPS) is 10.0. The Bertz CT molecular complexity index is 686. The molecule has 0 saturated carbocycles. The number of anilines is 1. The van der Waals surface area contributed by atoms with Gasteiger partial charge in [-0.05, 0) is 42.5 Å². The van der Waals surface area contributed by atoms with E-state index in [1.807, 2.05) is 0 Å². The van der Waals surface area contributed by atoms with Crippen LogP contribution in [0.4, 0.5) is 5.69 Å². The molecule has 1 N–H and O–H groups in total. The molecule has 0 aliphatic heterocycles. The zero-order valence-corrected chi connectivity index (χ0v) is 13.4. The molecule has 2 aromatic rings. The van der Waals surface area contributed by atoms with E-state index in [4.69, 9.17) is 16.3 Å². The highest BCUT2D eigenvalue weighted by atomic mass is 79.9. The van der Waals surface area contributed by atoms with E-state index in [-0.39, 0.29) is 11.3 Å². The molecule has 1 amide bonds. The number of hydrogen-bond acceptors (Lipinski definition) is 3. The van der Waals surface area contributed by atoms with E-state index in [9.17, 15) is 9.59 Å². The van der Waals surface area contributed by atoms with Crippen molar-refractivity contribution in [3.05, 3.63) is 57.5 Å². The quantitative estimate of drug-likeness (QED) is 0.650. The van der Waals surface area contributed by atoms with Crippen LogP contribution in [0.5, 0.6) is 5.75 Å². The first-order valence-corrected chi connectivity index (χ1v) is 7.17. The highest BCUT2D eigenvalue weighted by Gasteiger charge is 2.15. The highest BCUT2D eigenvalue weighted by Crippen LogP contribution is 2.24. The molecular formula is C15H11BrClNO3. The third kappa shape index (κ3) is 4.31. The Balaban J connectivity index is 2.27. The Morgan fingerprint density at radius 1 is 1.14 bits per heavy atom. The summed E-state index contributed by atoms with van der Waals surface area (Å²) in [5, 5.41) is 3.10. The Labute approximate surface area is 135 Å². The van der Waals surface area contributed by atoms with Crippen molar-refractivity contribution in [2.24, 2.45) is 0 Å². The number of carbonyl (C=O) groups excluding carboxylic acids is 2. The highest BCUT2D eigenvalue weighted by molar-refractivity contribution is 9.10. The first kappa shape index (κ1) is 15.5. The molecule has 6 heteroatoms. The smallest absolute Gasteiger partial charge is 0.308 e. The van der Waals surface area contributed by atoms with Gasteiger partial charge in [0.25, 0.3) is 5.91 Å². The zero-order chi connectivity index (χ0) is 15.4. The first-order chi connectivity index (χ1) is 9.95. The van der Waals surface area contributed by atoms with Crippen LogP contribution in [0.1, 0.15) is 17.3 Å². The summed E-state index contributed by atoms with van der Waals surface area (Å²) in [5.74, 6) is -0.743. The van der Waals surface area contributed by atoms with Gasteiger partial charge in [0.2, 0.25) is 0 Å². The van der Waals surface area contributed by atoms with Crippen LogP contribution < -0.4 is 10.1 Å². The van der Waals surface area contributed by atoms with Gasteiger partial charge in [-0.1, -0.05) is 27.5 Å². The van der Waals surface area contributed by atoms with Crippen molar-refractivity contribution in [1.82, 2.24) is 0 Å². The van der Waals surface area contributed by atoms with Crippen molar-refractivity contribution < 1.29 is 14.3 Å². The molecule has 0 aliphatic carbocycles. The molecule has 0 aliphatic rings. The molecule has 0 fully saturated rings. The SMILES string of the molecule is CC(=O)Oc1ccc(Cl)cc1C(=O)Nc1ccc(Br)cc1. The standard InChI is InChI=1S/C15H11BrClNO3/c1-9(19)21-14-7-4-11(17)8-13(14)15(20)18-12-5-2-10(16)3-6-12/h2-8H,1H3,(H,18,20). The predicted octanol–water partition coefficient (Wildman–Crippen LogP) is 4.28. The van der Waals surface area contributed by atoms with E-state index in [1.54, 1.807) is 30.3 Å². The molecule has 0 aromatic heterocycles. The Morgan fingerprint density at radius 3 is 2.43 bits per heavy atom. The number of hydrogen-bond donors (Lipinski definition) is 1. The lowest BCUT2D eigenvalue weighted by Crippen LogP contribution is -2.15. The van der Waals surface area contributed by atoms with Gasteiger partial charge in [-0.15, -0.1) is 0 Å². The summed E-state index contributed by atoms with van der Waals surface area (Å²) < 4.78 is 5.92. The van der Waals surface area contributed by atoms with Gasteiger partial charge in [0.1, 0.15) is 5.75 Å². The summed E-state index contributed by atoms with van der Waals surface area (Å²) in [5.41, 5.74) is 0.817. The van der Waals surface area contributed by atoms with Gasteiger partial charge in [-0.3, -0.25) is 9.59 Å². The fourth-order valence-corrected chi connectivity index (χ4v) is 2.09. The Kier molecular flexibility index (Phi) is 4.98. The van der Waals surface area contributed by atoms with E-state index < -0.39 is 11.9 Å². The topological polar surface area (TPSA) is 55.4 Å². The molecule has 0 atom stereocenters. The van der Waals surface area contributed by atoms with Gasteiger partial charge >= 0.3 is 5.97 Å². The number of rotatable bonds is 3. The zero-order valence-electron chi connectivity index (χ0n) is 11.0. The van der Waals surface area contributed by atoms with Crippen molar-refractivity contribution in [3.63, 3.8) is 0 Å². The molecular weight excluding hydrogens is 358 g/mol. The van der Waals surface area contributed by atoms with E-state index in [1.165, 1.54) is 19.1 Å². The average molecular weight is 369 g/mol. The molecule has 4 nitrogen and oxygen atoms in total. The van der Waals surface area contributed by atoms with Gasteiger partial charge < -0.3 is 10.1 Å². The maximum Gasteiger partial charge on any atom is 0.308 e. The van der Waals surface area contributed by atoms with Crippen molar-refractivity contribution in [1.29, 1.82) is 0 Å². The van der Waals surface area contributed by atoms with Crippen LogP contribution in [-0.4, -0.2) is 11.9 Å². The molecule has 2 aromatic carbocycles. The molecule has 0 spiro atoms. The number of carbonyl (C=O) groups is 2. The van der Waals surface area contributed by atoms with Gasteiger partial charge in [-0.2, -0.15) is 0 Å². The minimum atomic E-state index is -0.505. The van der Waals surface area contributed by atoms with Gasteiger partial charge in [0.05, 0.1) is 5.56 Å². The molecule has 0 bridgehead atoms. The van der Waals surface area contributed by atoms with Crippen LogP contribution in [0.2, 0.25) is 5.02 Å². The summed E-state index contributed by atoms with van der Waals surface area (Å²) >= 11 is 9.21.